The summed E-state index contributed by atoms with van der Waals surface area (Å²) in [7, 11) is 0. The van der Waals surface area contributed by atoms with Gasteiger partial charge in [0.25, 0.3) is 0 Å². The molecule has 2 fully saturated rings. The minimum absolute atomic E-state index is 0.0289. The average molecular weight is 601 g/mol. The molecule has 3 aromatic rings. The molecule has 1 N–H and O–H groups in total. The Kier molecular flexibility index (Phi) is 7.38. The minimum Gasteiger partial charge on any atom is -0.389 e. The normalized spacial score (nSPS) is 26.8. The molecule has 1 heterocycles. The number of benzene rings is 2. The largest absolute Gasteiger partial charge is 0.414 e. The maximum atomic E-state index is 13.5. The molecule has 0 aliphatic heterocycles. The maximum Gasteiger partial charge on any atom is 0.414 e. The van der Waals surface area contributed by atoms with Crippen molar-refractivity contribution >= 4 is 40.9 Å². The molecule has 2 bridgehead atoms. The van der Waals surface area contributed by atoms with Crippen LogP contribution >= 0.6 is 34.8 Å². The van der Waals surface area contributed by atoms with Crippen LogP contribution in [0.5, 0.6) is 5.88 Å². The fraction of sp³-hybridized carbons (Fsp3) is 0.500. The van der Waals surface area contributed by atoms with Crippen LogP contribution in [0.2, 0.25) is 15.1 Å². The molecule has 2 saturated carbocycles. The van der Waals surface area contributed by atoms with Crippen LogP contribution in [0.15, 0.2) is 42.5 Å². The topological polar surface area (TPSA) is 56.1 Å². The highest BCUT2D eigenvalue weighted by molar-refractivity contribution is 6.35. The van der Waals surface area contributed by atoms with E-state index < -0.39 is 6.09 Å². The predicted molar refractivity (Wildman–Crippen MR) is 161 cm³/mol. The first kappa shape index (κ1) is 27.9. The van der Waals surface area contributed by atoms with Gasteiger partial charge in [-0.1, -0.05) is 74.1 Å². The van der Waals surface area contributed by atoms with Gasteiger partial charge in [0, 0.05) is 27.6 Å². The molecule has 6 rings (SSSR count). The lowest BCUT2D eigenvalue weighted by atomic mass is 9.68. The number of amides is 1. The average Bonchev–Trinajstić information content (AvgIpc) is 3.44. The second-order valence-corrected chi connectivity index (χ2v) is 14.1. The van der Waals surface area contributed by atoms with E-state index in [4.69, 9.17) is 44.6 Å². The molecule has 0 spiro atoms. The van der Waals surface area contributed by atoms with Gasteiger partial charge in [0.15, 0.2) is 0 Å². The molecule has 3 aliphatic carbocycles. The predicted octanol–water partition coefficient (Wildman–Crippen LogP) is 9.19. The number of nitrogens with one attached hydrogen (secondary N) is 1. The summed E-state index contributed by atoms with van der Waals surface area (Å²) in [5, 5.41) is 9.94. The first-order chi connectivity index (χ1) is 19.0. The van der Waals surface area contributed by atoms with Gasteiger partial charge < -0.3 is 10.1 Å². The fourth-order valence-electron chi connectivity index (χ4n) is 7.89. The van der Waals surface area contributed by atoms with Gasteiger partial charge in [-0.15, -0.1) is 5.10 Å². The summed E-state index contributed by atoms with van der Waals surface area (Å²) < 4.78 is 7.96. The van der Waals surface area contributed by atoms with Crippen molar-refractivity contribution in [1.29, 1.82) is 0 Å². The van der Waals surface area contributed by atoms with E-state index in [0.717, 1.165) is 72.5 Å². The molecule has 40 heavy (non-hydrogen) atoms. The van der Waals surface area contributed by atoms with Crippen molar-refractivity contribution in [1.82, 2.24) is 15.1 Å². The van der Waals surface area contributed by atoms with Gasteiger partial charge in [-0.25, -0.2) is 9.48 Å². The van der Waals surface area contributed by atoms with Gasteiger partial charge in [-0.2, -0.15) is 0 Å². The van der Waals surface area contributed by atoms with Crippen LogP contribution in [-0.2, 0) is 12.8 Å². The Morgan fingerprint density at radius 3 is 2.60 bits per heavy atom. The van der Waals surface area contributed by atoms with E-state index in [1.165, 1.54) is 6.42 Å². The molecular weight excluding hydrogens is 565 g/mol. The van der Waals surface area contributed by atoms with E-state index in [9.17, 15) is 4.79 Å². The first-order valence-corrected chi connectivity index (χ1v) is 15.5. The molecule has 3 unspecified atom stereocenters. The van der Waals surface area contributed by atoms with Gasteiger partial charge in [-0.05, 0) is 97.6 Å². The van der Waals surface area contributed by atoms with E-state index in [1.54, 1.807) is 6.07 Å². The van der Waals surface area contributed by atoms with Crippen LogP contribution in [0.25, 0.3) is 5.69 Å². The molecule has 0 saturated heterocycles. The fourth-order valence-corrected chi connectivity index (χ4v) is 8.59. The number of carbonyl (C=O) groups excluding carboxylic acids is 1. The van der Waals surface area contributed by atoms with Gasteiger partial charge in [0.2, 0.25) is 5.88 Å². The minimum atomic E-state index is -0.433. The number of halogens is 3. The van der Waals surface area contributed by atoms with Crippen LogP contribution < -0.4 is 10.1 Å². The highest BCUT2D eigenvalue weighted by atomic mass is 35.5. The Balaban J connectivity index is 1.37. The summed E-state index contributed by atoms with van der Waals surface area (Å²) in [6, 6.07) is 13.5. The zero-order valence-electron chi connectivity index (χ0n) is 23.3. The van der Waals surface area contributed by atoms with Crippen LogP contribution in [-0.4, -0.2) is 21.9 Å². The lowest BCUT2D eigenvalue weighted by Crippen LogP contribution is -2.53. The highest BCUT2D eigenvalue weighted by Crippen LogP contribution is 2.62. The molecule has 8 heteroatoms. The maximum absolute atomic E-state index is 13.5. The zero-order chi connectivity index (χ0) is 28.2. The molecule has 5 nitrogen and oxygen atoms in total. The molecule has 4 atom stereocenters. The van der Waals surface area contributed by atoms with E-state index in [-0.39, 0.29) is 22.8 Å². The SMILES string of the molecule is CC12CCC(C1)C(C)(C)[C@H]2NC(=O)Oc1nn(-c2ccc(Cl)cc2Cl)c2c1CCCCC2Cc1cccc(Cl)c1. The zero-order valence-corrected chi connectivity index (χ0v) is 25.5. The van der Waals surface area contributed by atoms with Crippen LogP contribution in [0.4, 0.5) is 4.79 Å². The Morgan fingerprint density at radius 1 is 1.07 bits per heavy atom. The third-order valence-corrected chi connectivity index (χ3v) is 10.6. The van der Waals surface area contributed by atoms with Crippen LogP contribution in [0, 0.1) is 16.7 Å². The molecular formula is C32H36Cl3N3O2. The smallest absolute Gasteiger partial charge is 0.389 e. The summed E-state index contributed by atoms with van der Waals surface area (Å²) in [6.45, 7) is 6.85. The number of carbonyl (C=O) groups is 1. The Morgan fingerprint density at radius 2 is 1.88 bits per heavy atom. The van der Waals surface area contributed by atoms with E-state index in [1.807, 2.05) is 35.0 Å². The highest BCUT2D eigenvalue weighted by Gasteiger charge is 2.60. The molecule has 1 aromatic heterocycles. The Hall–Kier alpha value is -2.21. The van der Waals surface area contributed by atoms with Crippen LogP contribution in [0.1, 0.15) is 82.0 Å². The van der Waals surface area contributed by atoms with E-state index >= 15 is 0 Å². The Bertz CT molecular complexity index is 1450. The number of rotatable bonds is 5. The van der Waals surface area contributed by atoms with Gasteiger partial charge in [0.05, 0.1) is 16.4 Å². The van der Waals surface area contributed by atoms with Gasteiger partial charge in [0.1, 0.15) is 0 Å². The summed E-state index contributed by atoms with van der Waals surface area (Å²) in [5.41, 5.74) is 4.02. The second-order valence-electron chi connectivity index (χ2n) is 12.8. The monoisotopic (exact) mass is 599 g/mol. The lowest BCUT2D eigenvalue weighted by Gasteiger charge is -2.42. The second kappa shape index (κ2) is 10.6. The third-order valence-electron chi connectivity index (χ3n) is 9.83. The summed E-state index contributed by atoms with van der Waals surface area (Å²) >= 11 is 19.3. The molecule has 1 amide bonds. The standard InChI is InChI=1S/C32H36Cl3N3O2/c1-31(2)21-13-14-32(3,18-21)29(31)36-30(39)40-28-24-10-5-4-8-20(15-19-7-6-9-22(33)16-19)27(24)38(37-28)26-12-11-23(34)17-25(26)35/h6-7,9,11-12,16-17,20-21,29H,4-5,8,10,13-15,18H2,1-3H3,(H,36,39)/t20?,21?,29-,32?/m1/s1. The Labute approximate surface area is 251 Å². The van der Waals surface area contributed by atoms with E-state index in [0.29, 0.717) is 21.8 Å². The number of ether oxygens (including phenoxy) is 1. The van der Waals surface area contributed by atoms with Crippen molar-refractivity contribution in [3.63, 3.8) is 0 Å². The summed E-state index contributed by atoms with van der Waals surface area (Å²) in [6.07, 6.45) is 7.70. The van der Waals surface area contributed by atoms with Crippen molar-refractivity contribution in [3.8, 4) is 11.6 Å². The summed E-state index contributed by atoms with van der Waals surface area (Å²) in [5.74, 6) is 1.14. The molecule has 2 aromatic carbocycles. The molecule has 3 aliphatic rings. The van der Waals surface area contributed by atoms with Crippen molar-refractivity contribution in [3.05, 3.63) is 74.4 Å². The third kappa shape index (κ3) is 5.03. The number of nitrogens with zero attached hydrogens (tertiary/aromatic N) is 2. The molecule has 212 valence electrons. The van der Waals surface area contributed by atoms with E-state index in [2.05, 4.69) is 32.2 Å². The lowest BCUT2D eigenvalue weighted by molar-refractivity contribution is 0.103. The van der Waals surface area contributed by atoms with Crippen LogP contribution in [0.3, 0.4) is 0 Å². The number of hydrogen-bond acceptors (Lipinski definition) is 3. The van der Waals surface area contributed by atoms with Gasteiger partial charge >= 0.3 is 6.09 Å². The summed E-state index contributed by atoms with van der Waals surface area (Å²) in [4.78, 5) is 13.5. The number of fused-ring (bicyclic) bond motifs is 3. The first-order valence-electron chi connectivity index (χ1n) is 14.4. The van der Waals surface area contributed by atoms with Crippen molar-refractivity contribution < 1.29 is 9.53 Å². The van der Waals surface area contributed by atoms with Crippen molar-refractivity contribution in [2.75, 3.05) is 0 Å². The van der Waals surface area contributed by atoms with Crippen molar-refractivity contribution in [2.45, 2.75) is 84.1 Å². The number of hydrogen-bond donors (Lipinski definition) is 1. The molecule has 0 radical (unpaired) electrons. The van der Waals surface area contributed by atoms with Gasteiger partial charge in [-0.3, -0.25) is 0 Å². The number of aromatic nitrogens is 2. The quantitative estimate of drug-likeness (QED) is 0.297. The van der Waals surface area contributed by atoms with Crippen molar-refractivity contribution in [2.24, 2.45) is 16.7 Å².